The monoisotopic (exact) mass is 530 g/mol. The lowest BCUT2D eigenvalue weighted by Gasteiger charge is -2.28. The van der Waals surface area contributed by atoms with Crippen molar-refractivity contribution in [2.24, 2.45) is 11.8 Å². The van der Waals surface area contributed by atoms with E-state index in [1.165, 1.54) is 0 Å². The average molecular weight is 531 g/mol. The molecule has 1 amide bonds. The molecule has 1 aromatic carbocycles. The van der Waals surface area contributed by atoms with Crippen LogP contribution in [0.25, 0.3) is 16.7 Å². The van der Waals surface area contributed by atoms with E-state index in [4.69, 9.17) is 4.74 Å². The van der Waals surface area contributed by atoms with Crippen LogP contribution in [0.5, 0.6) is 0 Å². The van der Waals surface area contributed by atoms with E-state index in [1.54, 1.807) is 25.7 Å². The van der Waals surface area contributed by atoms with Crippen LogP contribution in [0.4, 0.5) is 23.8 Å². The zero-order valence-electron chi connectivity index (χ0n) is 21.0. The lowest BCUT2D eigenvalue weighted by molar-refractivity contribution is 0.0516. The molecule has 1 aliphatic carbocycles. The number of carbonyl (C=O) groups is 2. The van der Waals surface area contributed by atoms with Gasteiger partial charge < -0.3 is 20.1 Å². The molecule has 9 nitrogen and oxygen atoms in total. The van der Waals surface area contributed by atoms with E-state index < -0.39 is 46.1 Å². The Bertz CT molecular complexity index is 1550. The zero-order valence-corrected chi connectivity index (χ0v) is 21.0. The Morgan fingerprint density at radius 1 is 1.16 bits per heavy atom. The molecule has 38 heavy (non-hydrogen) atoms. The number of pyridine rings is 2. The number of carboxylic acids is 1. The highest BCUT2D eigenvalue weighted by Crippen LogP contribution is 2.51. The number of ether oxygens (including phenoxy) is 1. The molecule has 2 aromatic heterocycles. The van der Waals surface area contributed by atoms with Gasteiger partial charge in [0, 0.05) is 42.7 Å². The number of rotatable bonds is 4. The van der Waals surface area contributed by atoms with Crippen LogP contribution in [0, 0.1) is 29.3 Å². The number of benzene rings is 1. The smallest absolute Gasteiger partial charge is 0.407 e. The molecule has 0 bridgehead atoms. The molecule has 0 radical (unpaired) electrons. The molecule has 2 aliphatic rings. The molecule has 1 saturated heterocycles. The molecule has 200 valence electrons. The minimum atomic E-state index is -1.59. The maximum Gasteiger partial charge on any atom is 0.407 e. The summed E-state index contributed by atoms with van der Waals surface area (Å²) < 4.78 is 49.9. The van der Waals surface area contributed by atoms with Gasteiger partial charge in [0.1, 0.15) is 22.8 Å². The molecule has 5 rings (SSSR count). The standard InChI is InChI=1S/C26H25F3N4O5/c1-11-19-14(20(19)30-25(37)38-26(2,3)4)9-32(11)23-17(29)8-13-21(34)15(24(35)36)10-33(22(13)31-23)18-6-5-12(27)7-16(18)28/h5-8,10-11,14,19-20H,9H2,1-4H3,(H,30,37)(H,35,36)/t11-,14-,19+,20+/m1/s1. The van der Waals surface area contributed by atoms with E-state index in [-0.39, 0.29) is 46.5 Å². The molecule has 2 fully saturated rings. The first kappa shape index (κ1) is 25.6. The molecule has 3 heterocycles. The van der Waals surface area contributed by atoms with Gasteiger partial charge in [0.2, 0.25) is 5.43 Å². The number of aromatic carboxylic acids is 1. The minimum absolute atomic E-state index is 0.00513. The predicted molar refractivity (Wildman–Crippen MR) is 131 cm³/mol. The van der Waals surface area contributed by atoms with Crippen molar-refractivity contribution >= 4 is 28.9 Å². The SMILES string of the molecule is C[C@@H]1[C@H]2[C@@H](CN1c1nc3c(cc1F)c(=O)c(C(=O)O)cn3-c1ccc(F)cc1F)[C@@H]2NC(=O)OC(C)(C)C. The molecule has 2 N–H and O–H groups in total. The van der Waals surface area contributed by atoms with Crippen LogP contribution in [0.2, 0.25) is 0 Å². The Kier molecular flexibility index (Phi) is 5.88. The summed E-state index contributed by atoms with van der Waals surface area (Å²) in [5.74, 6) is -4.40. The van der Waals surface area contributed by atoms with Crippen molar-refractivity contribution in [3.8, 4) is 5.69 Å². The predicted octanol–water partition coefficient (Wildman–Crippen LogP) is 3.85. The number of hydrogen-bond acceptors (Lipinski definition) is 6. The first-order chi connectivity index (χ1) is 17.8. The third kappa shape index (κ3) is 4.33. The van der Waals surface area contributed by atoms with Crippen LogP contribution in [0.1, 0.15) is 38.1 Å². The van der Waals surface area contributed by atoms with Crippen LogP contribution in [0.15, 0.2) is 35.3 Å². The Balaban J connectivity index is 1.53. The summed E-state index contributed by atoms with van der Waals surface area (Å²) in [7, 11) is 0. The van der Waals surface area contributed by atoms with Gasteiger partial charge in [-0.2, -0.15) is 0 Å². The average Bonchev–Trinajstić information content (AvgIpc) is 3.35. The second kappa shape index (κ2) is 8.74. The molecule has 3 aromatic rings. The number of nitrogens with one attached hydrogen (secondary N) is 1. The zero-order chi connectivity index (χ0) is 27.7. The quantitative estimate of drug-likeness (QED) is 0.527. The summed E-state index contributed by atoms with van der Waals surface area (Å²) in [4.78, 5) is 42.7. The lowest BCUT2D eigenvalue weighted by atomic mass is 10.1. The van der Waals surface area contributed by atoms with Gasteiger partial charge in [0.25, 0.3) is 0 Å². The Morgan fingerprint density at radius 2 is 1.87 bits per heavy atom. The van der Waals surface area contributed by atoms with Crippen LogP contribution < -0.4 is 15.6 Å². The van der Waals surface area contributed by atoms with Gasteiger partial charge in [0.15, 0.2) is 17.3 Å². The van der Waals surface area contributed by atoms with Crippen LogP contribution in [-0.2, 0) is 4.74 Å². The van der Waals surface area contributed by atoms with E-state index in [0.29, 0.717) is 12.6 Å². The highest BCUT2D eigenvalue weighted by atomic mass is 19.1. The number of anilines is 1. The van der Waals surface area contributed by atoms with Crippen molar-refractivity contribution in [3.05, 3.63) is 63.7 Å². The van der Waals surface area contributed by atoms with E-state index in [2.05, 4.69) is 10.3 Å². The number of piperidine rings is 1. The van der Waals surface area contributed by atoms with Gasteiger partial charge in [-0.25, -0.2) is 27.7 Å². The van der Waals surface area contributed by atoms with Crippen molar-refractivity contribution in [1.82, 2.24) is 14.9 Å². The van der Waals surface area contributed by atoms with Crippen LogP contribution in [0.3, 0.4) is 0 Å². The van der Waals surface area contributed by atoms with Crippen molar-refractivity contribution in [1.29, 1.82) is 0 Å². The second-order valence-corrected chi connectivity index (χ2v) is 10.6. The second-order valence-electron chi connectivity index (χ2n) is 10.6. The first-order valence-corrected chi connectivity index (χ1v) is 12.0. The Labute approximate surface area is 214 Å². The van der Waals surface area contributed by atoms with E-state index in [1.807, 2.05) is 6.92 Å². The highest BCUT2D eigenvalue weighted by molar-refractivity contribution is 5.92. The fourth-order valence-electron chi connectivity index (χ4n) is 5.25. The number of halogens is 3. The number of aromatic nitrogens is 2. The molecular formula is C26H25F3N4O5. The number of amides is 1. The number of nitrogens with zero attached hydrogens (tertiary/aromatic N) is 3. The number of hydrogen-bond donors (Lipinski definition) is 2. The lowest BCUT2D eigenvalue weighted by Crippen LogP contribution is -2.41. The van der Waals surface area contributed by atoms with Crippen LogP contribution in [-0.4, -0.2) is 50.9 Å². The molecule has 0 unspecified atom stereocenters. The normalized spacial score (nSPS) is 22.3. The van der Waals surface area contributed by atoms with Crippen molar-refractivity contribution in [2.75, 3.05) is 11.4 Å². The number of fused-ring (bicyclic) bond motifs is 2. The van der Waals surface area contributed by atoms with Crippen molar-refractivity contribution < 1.29 is 32.6 Å². The maximum absolute atomic E-state index is 15.3. The molecule has 1 saturated carbocycles. The molecular weight excluding hydrogens is 505 g/mol. The molecule has 4 atom stereocenters. The summed E-state index contributed by atoms with van der Waals surface area (Å²) in [5.41, 5.74) is -2.80. The summed E-state index contributed by atoms with van der Waals surface area (Å²) in [6.45, 7) is 7.48. The topological polar surface area (TPSA) is 114 Å². The van der Waals surface area contributed by atoms with Gasteiger partial charge >= 0.3 is 12.1 Å². The van der Waals surface area contributed by atoms with E-state index in [9.17, 15) is 28.3 Å². The number of carboxylic acid groups (broad SMARTS) is 1. The molecule has 12 heteroatoms. The minimum Gasteiger partial charge on any atom is -0.477 e. The summed E-state index contributed by atoms with van der Waals surface area (Å²) in [6, 6.07) is 3.15. The molecule has 0 spiro atoms. The summed E-state index contributed by atoms with van der Waals surface area (Å²) >= 11 is 0. The van der Waals surface area contributed by atoms with Gasteiger partial charge in [0.05, 0.1) is 11.1 Å². The van der Waals surface area contributed by atoms with Gasteiger partial charge in [-0.15, -0.1) is 0 Å². The maximum atomic E-state index is 15.3. The van der Waals surface area contributed by atoms with Gasteiger partial charge in [-0.05, 0) is 45.9 Å². The third-order valence-electron chi connectivity index (χ3n) is 6.95. The number of carbonyl (C=O) groups excluding carboxylic acids is 1. The van der Waals surface area contributed by atoms with E-state index in [0.717, 1.165) is 29.0 Å². The highest BCUT2D eigenvalue weighted by Gasteiger charge is 2.61. The summed E-state index contributed by atoms with van der Waals surface area (Å²) in [5, 5.41) is 12.0. The largest absolute Gasteiger partial charge is 0.477 e. The Hall–Kier alpha value is -4.09. The first-order valence-electron chi connectivity index (χ1n) is 12.0. The van der Waals surface area contributed by atoms with Gasteiger partial charge in [-0.3, -0.25) is 9.36 Å². The summed E-state index contributed by atoms with van der Waals surface area (Å²) in [6.07, 6.45) is 0.356. The molecule has 1 aliphatic heterocycles. The number of alkyl carbamates (subject to hydrolysis) is 1. The third-order valence-corrected chi connectivity index (χ3v) is 6.95. The van der Waals surface area contributed by atoms with Crippen molar-refractivity contribution in [2.45, 2.75) is 45.4 Å². The fraction of sp³-hybridized carbons (Fsp3) is 0.385. The Morgan fingerprint density at radius 3 is 2.45 bits per heavy atom. The van der Waals surface area contributed by atoms with Crippen molar-refractivity contribution in [3.63, 3.8) is 0 Å². The van der Waals surface area contributed by atoms with Gasteiger partial charge in [-0.1, -0.05) is 0 Å². The fourth-order valence-corrected chi connectivity index (χ4v) is 5.25. The van der Waals surface area contributed by atoms with E-state index >= 15 is 4.39 Å². The van der Waals surface area contributed by atoms with Crippen LogP contribution >= 0.6 is 0 Å².